The first-order chi connectivity index (χ1) is 14.6. The Morgan fingerprint density at radius 1 is 0.800 bits per heavy atom. The maximum absolute atomic E-state index is 5.51. The van der Waals surface area contributed by atoms with Crippen molar-refractivity contribution in [3.8, 4) is 11.5 Å². The Labute approximate surface area is 177 Å². The molecule has 1 heterocycles. The fourth-order valence-corrected chi connectivity index (χ4v) is 3.44. The van der Waals surface area contributed by atoms with Crippen LogP contribution in [0, 0.1) is 0 Å². The summed E-state index contributed by atoms with van der Waals surface area (Å²) in [6.07, 6.45) is 0. The Balaban J connectivity index is 1.88. The number of benzene rings is 3. The monoisotopic (exact) mass is 399 g/mol. The van der Waals surface area contributed by atoms with Crippen molar-refractivity contribution in [2.45, 2.75) is 19.8 Å². The molecule has 0 aromatic heterocycles. The summed E-state index contributed by atoms with van der Waals surface area (Å²) in [5.41, 5.74) is 8.97. The highest BCUT2D eigenvalue weighted by atomic mass is 16.5. The first-order valence-corrected chi connectivity index (χ1v) is 9.95. The van der Waals surface area contributed by atoms with Crippen molar-refractivity contribution >= 4 is 17.2 Å². The molecule has 0 saturated heterocycles. The normalized spacial score (nSPS) is 13.0. The van der Waals surface area contributed by atoms with Gasteiger partial charge in [-0.25, -0.2) is 4.99 Å². The molecule has 0 fully saturated rings. The predicted molar refractivity (Wildman–Crippen MR) is 121 cm³/mol. The summed E-state index contributed by atoms with van der Waals surface area (Å²) in [5.74, 6) is 2.45. The molecule has 3 aromatic carbocycles. The van der Waals surface area contributed by atoms with E-state index in [4.69, 9.17) is 19.6 Å². The average molecular weight is 399 g/mol. The quantitative estimate of drug-likeness (QED) is 0.637. The minimum Gasteiger partial charge on any atom is -0.493 e. The van der Waals surface area contributed by atoms with Gasteiger partial charge in [-0.2, -0.15) is 5.10 Å². The number of methoxy groups -OCH3 is 2. The predicted octanol–water partition coefficient (Wildman–Crippen LogP) is 5.26. The number of hydrogen-bond donors (Lipinski definition) is 1. The summed E-state index contributed by atoms with van der Waals surface area (Å²) in [5, 5.41) is 4.76. The smallest absolute Gasteiger partial charge is 0.161 e. The van der Waals surface area contributed by atoms with Gasteiger partial charge in [-0.15, -0.1) is 0 Å². The second-order valence-corrected chi connectivity index (χ2v) is 7.40. The highest BCUT2D eigenvalue weighted by Crippen LogP contribution is 2.33. The minimum absolute atomic E-state index is 0.399. The van der Waals surface area contributed by atoms with E-state index in [9.17, 15) is 0 Å². The first kappa shape index (κ1) is 19.7. The molecule has 1 N–H and O–H groups in total. The van der Waals surface area contributed by atoms with Crippen LogP contribution in [0.25, 0.3) is 0 Å². The molecule has 0 atom stereocenters. The summed E-state index contributed by atoms with van der Waals surface area (Å²) in [6, 6.07) is 22.2. The van der Waals surface area contributed by atoms with Crippen LogP contribution in [0.2, 0.25) is 0 Å². The molecule has 0 spiro atoms. The summed E-state index contributed by atoms with van der Waals surface area (Å²) < 4.78 is 10.9. The number of rotatable bonds is 5. The number of hydrazone groups is 1. The van der Waals surface area contributed by atoms with Crippen LogP contribution in [-0.4, -0.2) is 25.8 Å². The lowest BCUT2D eigenvalue weighted by atomic mass is 9.94. The second-order valence-electron chi connectivity index (χ2n) is 7.40. The largest absolute Gasteiger partial charge is 0.493 e. The van der Waals surface area contributed by atoms with Gasteiger partial charge in [0.05, 0.1) is 19.9 Å². The van der Waals surface area contributed by atoms with Crippen molar-refractivity contribution in [1.82, 2.24) is 5.43 Å². The second kappa shape index (κ2) is 8.41. The molecule has 0 aliphatic carbocycles. The maximum atomic E-state index is 5.51. The van der Waals surface area contributed by atoms with Crippen molar-refractivity contribution in [1.29, 1.82) is 0 Å². The molecule has 1 aliphatic heterocycles. The fourth-order valence-electron chi connectivity index (χ4n) is 3.44. The molecule has 4 rings (SSSR count). The topological polar surface area (TPSA) is 55.2 Å². The van der Waals surface area contributed by atoms with Crippen LogP contribution >= 0.6 is 0 Å². The summed E-state index contributed by atoms with van der Waals surface area (Å²) in [7, 11) is 3.27. The molecule has 0 bridgehead atoms. The van der Waals surface area contributed by atoms with Gasteiger partial charge in [0.15, 0.2) is 17.3 Å². The summed E-state index contributed by atoms with van der Waals surface area (Å²) >= 11 is 0. The molecule has 1 aliphatic rings. The van der Waals surface area contributed by atoms with Crippen LogP contribution in [0.15, 0.2) is 76.8 Å². The van der Waals surface area contributed by atoms with Gasteiger partial charge in [0.25, 0.3) is 0 Å². The highest BCUT2D eigenvalue weighted by Gasteiger charge is 2.20. The lowest BCUT2D eigenvalue weighted by molar-refractivity contribution is 0.355. The van der Waals surface area contributed by atoms with Crippen LogP contribution in [0.3, 0.4) is 0 Å². The van der Waals surface area contributed by atoms with Gasteiger partial charge >= 0.3 is 0 Å². The summed E-state index contributed by atoms with van der Waals surface area (Å²) in [4.78, 5) is 4.90. The fraction of sp³-hybridized carbons (Fsp3) is 0.200. The van der Waals surface area contributed by atoms with Crippen LogP contribution in [0.5, 0.6) is 11.5 Å². The number of nitrogens with one attached hydrogen (secondary N) is 1. The molecule has 5 nitrogen and oxygen atoms in total. The number of amidine groups is 1. The zero-order valence-electron chi connectivity index (χ0n) is 17.6. The van der Waals surface area contributed by atoms with Crippen LogP contribution in [-0.2, 0) is 0 Å². The zero-order chi connectivity index (χ0) is 21.1. The SMILES string of the molecule is COc1ccc(C2=NNC(c3ccccc3)=Nc3ccc(C(C)C)cc32)cc1OC. The van der Waals surface area contributed by atoms with Gasteiger partial charge in [0.1, 0.15) is 5.71 Å². The maximum Gasteiger partial charge on any atom is 0.161 e. The van der Waals surface area contributed by atoms with E-state index in [-0.39, 0.29) is 0 Å². The highest BCUT2D eigenvalue weighted by molar-refractivity contribution is 6.18. The van der Waals surface area contributed by atoms with E-state index in [1.54, 1.807) is 14.2 Å². The molecule has 152 valence electrons. The third-order valence-electron chi connectivity index (χ3n) is 5.15. The van der Waals surface area contributed by atoms with Gasteiger partial charge in [0.2, 0.25) is 0 Å². The van der Waals surface area contributed by atoms with Crippen LogP contribution in [0.1, 0.15) is 42.0 Å². The van der Waals surface area contributed by atoms with Crippen molar-refractivity contribution in [3.63, 3.8) is 0 Å². The average Bonchev–Trinajstić information content (AvgIpc) is 2.98. The zero-order valence-corrected chi connectivity index (χ0v) is 17.6. The van der Waals surface area contributed by atoms with E-state index in [0.717, 1.165) is 28.1 Å². The van der Waals surface area contributed by atoms with E-state index in [1.165, 1.54) is 5.56 Å². The van der Waals surface area contributed by atoms with Gasteiger partial charge in [0, 0.05) is 16.7 Å². The van der Waals surface area contributed by atoms with Crippen molar-refractivity contribution in [2.24, 2.45) is 10.1 Å². The molecule has 0 amide bonds. The Bertz CT molecular complexity index is 1120. The molecule has 30 heavy (non-hydrogen) atoms. The standard InChI is InChI=1S/C25H25N3O2/c1-16(2)18-10-12-21-20(14-18)24(19-11-13-22(29-3)23(15-19)30-4)27-28-25(26-21)17-8-6-5-7-9-17/h5-16H,1-4H3,(H,26,28). The Kier molecular flexibility index (Phi) is 5.53. The third kappa shape index (κ3) is 3.79. The number of ether oxygens (including phenoxy) is 2. The van der Waals surface area contributed by atoms with Crippen molar-refractivity contribution < 1.29 is 9.47 Å². The van der Waals surface area contributed by atoms with Gasteiger partial charge in [-0.3, -0.25) is 5.43 Å². The lowest BCUT2D eigenvalue weighted by Gasteiger charge is -2.14. The van der Waals surface area contributed by atoms with E-state index < -0.39 is 0 Å². The number of nitrogens with zero attached hydrogens (tertiary/aromatic N) is 2. The van der Waals surface area contributed by atoms with E-state index in [2.05, 4.69) is 37.5 Å². The molecule has 0 saturated carbocycles. The number of hydrogen-bond acceptors (Lipinski definition) is 5. The molecule has 0 radical (unpaired) electrons. The minimum atomic E-state index is 0.399. The van der Waals surface area contributed by atoms with E-state index >= 15 is 0 Å². The molecule has 3 aromatic rings. The number of aliphatic imine (C=N–C) groups is 1. The third-order valence-corrected chi connectivity index (χ3v) is 5.15. The molecular formula is C25H25N3O2. The van der Waals surface area contributed by atoms with Crippen molar-refractivity contribution in [3.05, 3.63) is 89.0 Å². The lowest BCUT2D eigenvalue weighted by Crippen LogP contribution is -2.19. The van der Waals surface area contributed by atoms with Crippen LogP contribution in [0.4, 0.5) is 5.69 Å². The summed E-state index contributed by atoms with van der Waals surface area (Å²) in [6.45, 7) is 4.37. The Morgan fingerprint density at radius 3 is 2.27 bits per heavy atom. The van der Waals surface area contributed by atoms with E-state index in [0.29, 0.717) is 23.3 Å². The van der Waals surface area contributed by atoms with Gasteiger partial charge in [-0.05, 0) is 41.8 Å². The molecule has 0 unspecified atom stereocenters. The number of fused-ring (bicyclic) bond motifs is 1. The van der Waals surface area contributed by atoms with Gasteiger partial charge in [-0.1, -0.05) is 50.2 Å². The molecule has 5 heteroatoms. The van der Waals surface area contributed by atoms with Crippen molar-refractivity contribution in [2.75, 3.05) is 14.2 Å². The van der Waals surface area contributed by atoms with Crippen LogP contribution < -0.4 is 14.9 Å². The van der Waals surface area contributed by atoms with E-state index in [1.807, 2.05) is 48.5 Å². The van der Waals surface area contributed by atoms with Gasteiger partial charge < -0.3 is 9.47 Å². The molecular weight excluding hydrogens is 374 g/mol. The Hall–Kier alpha value is -3.60. The Morgan fingerprint density at radius 2 is 1.57 bits per heavy atom. The first-order valence-electron chi connectivity index (χ1n) is 9.95.